The highest BCUT2D eigenvalue weighted by Gasteiger charge is 2.30. The van der Waals surface area contributed by atoms with Crippen LogP contribution in [0.5, 0.6) is 0 Å². The molecule has 0 bridgehead atoms. The second kappa shape index (κ2) is 6.54. The van der Waals surface area contributed by atoms with Crippen LogP contribution in [0.3, 0.4) is 0 Å². The van der Waals surface area contributed by atoms with Crippen molar-refractivity contribution in [3.8, 4) is 6.07 Å². The smallest absolute Gasteiger partial charge is 0.246 e. The molecule has 3 rings (SSSR count). The first-order valence-corrected chi connectivity index (χ1v) is 8.90. The fourth-order valence-electron chi connectivity index (χ4n) is 2.56. The molecule has 1 N–H and O–H groups in total. The number of aryl methyl sites for hydroxylation is 1. The molecule has 3 heterocycles. The fourth-order valence-corrected chi connectivity index (χ4v) is 4.02. The lowest BCUT2D eigenvalue weighted by atomic mass is 10.1. The van der Waals surface area contributed by atoms with Crippen molar-refractivity contribution in [3.05, 3.63) is 30.4 Å². The Balaban J connectivity index is 1.60. The molecule has 0 spiro atoms. The van der Waals surface area contributed by atoms with Crippen molar-refractivity contribution in [1.29, 1.82) is 5.26 Å². The summed E-state index contributed by atoms with van der Waals surface area (Å²) in [6, 6.07) is 2.06. The van der Waals surface area contributed by atoms with Crippen molar-refractivity contribution < 1.29 is 8.42 Å². The predicted octanol–water partition coefficient (Wildman–Crippen LogP) is 0.347. The molecule has 2 aromatic rings. The van der Waals surface area contributed by atoms with Gasteiger partial charge >= 0.3 is 0 Å². The molecule has 0 atom stereocenters. The minimum atomic E-state index is -3.49. The van der Waals surface area contributed by atoms with Crippen LogP contribution in [0, 0.1) is 11.3 Å². The summed E-state index contributed by atoms with van der Waals surface area (Å²) in [4.78, 5) is 8.36. The molecule has 0 radical (unpaired) electrons. The number of anilines is 1. The predicted molar refractivity (Wildman–Crippen MR) is 85.4 cm³/mol. The number of hydrogen-bond acceptors (Lipinski definition) is 7. The standard InChI is InChI=1S/C14H17N7O2S/c1-20-10-13(9-18-20)24(22,23)21-4-2-12(3-5-21)19-14-16-7-11(6-15)8-17-14/h7-10,12H,2-5H2,1H3,(H,16,17,19). The Morgan fingerprint density at radius 1 is 1.25 bits per heavy atom. The van der Waals surface area contributed by atoms with Gasteiger partial charge in [0, 0.05) is 32.4 Å². The number of rotatable bonds is 4. The Bertz CT molecular complexity index is 846. The van der Waals surface area contributed by atoms with E-state index in [9.17, 15) is 8.42 Å². The summed E-state index contributed by atoms with van der Waals surface area (Å²) >= 11 is 0. The van der Waals surface area contributed by atoms with Crippen LogP contribution in [0.4, 0.5) is 5.95 Å². The number of aromatic nitrogens is 4. The van der Waals surface area contributed by atoms with E-state index in [0.717, 1.165) is 0 Å². The average molecular weight is 347 g/mol. The van der Waals surface area contributed by atoms with Crippen LogP contribution in [-0.2, 0) is 17.1 Å². The maximum atomic E-state index is 12.5. The summed E-state index contributed by atoms with van der Waals surface area (Å²) in [5.74, 6) is 0.447. The molecule has 126 valence electrons. The minimum Gasteiger partial charge on any atom is -0.351 e. The van der Waals surface area contributed by atoms with Gasteiger partial charge in [-0.1, -0.05) is 0 Å². The maximum absolute atomic E-state index is 12.5. The van der Waals surface area contributed by atoms with Gasteiger partial charge < -0.3 is 5.32 Å². The first kappa shape index (κ1) is 16.4. The summed E-state index contributed by atoms with van der Waals surface area (Å²) < 4.78 is 28.0. The molecule has 1 aliphatic heterocycles. The van der Waals surface area contributed by atoms with E-state index in [4.69, 9.17) is 5.26 Å². The molecule has 1 saturated heterocycles. The molecular formula is C14H17N7O2S. The second-order valence-corrected chi connectivity index (χ2v) is 7.52. The van der Waals surface area contributed by atoms with E-state index in [0.29, 0.717) is 37.4 Å². The Labute approximate surface area is 140 Å². The number of sulfonamides is 1. The lowest BCUT2D eigenvalue weighted by molar-refractivity contribution is 0.329. The first-order valence-electron chi connectivity index (χ1n) is 7.46. The number of nitrogens with zero attached hydrogens (tertiary/aromatic N) is 6. The molecule has 24 heavy (non-hydrogen) atoms. The lowest BCUT2D eigenvalue weighted by Crippen LogP contribution is -2.42. The highest BCUT2D eigenvalue weighted by molar-refractivity contribution is 7.89. The van der Waals surface area contributed by atoms with E-state index in [1.807, 2.05) is 6.07 Å². The van der Waals surface area contributed by atoms with Gasteiger partial charge in [-0.2, -0.15) is 14.7 Å². The Morgan fingerprint density at radius 2 is 1.92 bits per heavy atom. The van der Waals surface area contributed by atoms with Crippen molar-refractivity contribution in [2.24, 2.45) is 7.05 Å². The van der Waals surface area contributed by atoms with Gasteiger partial charge in [0.25, 0.3) is 0 Å². The van der Waals surface area contributed by atoms with E-state index < -0.39 is 10.0 Å². The number of nitrogens with one attached hydrogen (secondary N) is 1. The average Bonchev–Trinajstić information content (AvgIpc) is 3.03. The second-order valence-electron chi connectivity index (χ2n) is 5.58. The summed E-state index contributed by atoms with van der Waals surface area (Å²) in [5.41, 5.74) is 0.401. The van der Waals surface area contributed by atoms with Gasteiger partial charge in [0.15, 0.2) is 0 Å². The van der Waals surface area contributed by atoms with Crippen molar-refractivity contribution in [1.82, 2.24) is 24.1 Å². The molecule has 10 heteroatoms. The third-order valence-corrected chi connectivity index (χ3v) is 5.74. The number of piperidine rings is 1. The van der Waals surface area contributed by atoms with Crippen molar-refractivity contribution in [2.45, 2.75) is 23.8 Å². The van der Waals surface area contributed by atoms with Gasteiger partial charge in [0.2, 0.25) is 16.0 Å². The van der Waals surface area contributed by atoms with E-state index in [-0.39, 0.29) is 10.9 Å². The zero-order valence-electron chi connectivity index (χ0n) is 13.1. The fraction of sp³-hybridized carbons (Fsp3) is 0.429. The Hall–Kier alpha value is -2.51. The SMILES string of the molecule is Cn1cc(S(=O)(=O)N2CCC(Nc3ncc(C#N)cn3)CC2)cn1. The third kappa shape index (κ3) is 3.37. The molecule has 0 amide bonds. The molecular weight excluding hydrogens is 330 g/mol. The lowest BCUT2D eigenvalue weighted by Gasteiger charge is -2.31. The normalized spacial score (nSPS) is 16.7. The monoisotopic (exact) mass is 347 g/mol. The summed E-state index contributed by atoms with van der Waals surface area (Å²) in [6.45, 7) is 0.844. The van der Waals surface area contributed by atoms with Crippen LogP contribution in [0.2, 0.25) is 0 Å². The molecule has 0 aromatic carbocycles. The van der Waals surface area contributed by atoms with Crippen molar-refractivity contribution in [2.75, 3.05) is 18.4 Å². The number of nitriles is 1. The van der Waals surface area contributed by atoms with E-state index in [1.165, 1.54) is 33.8 Å². The summed E-state index contributed by atoms with van der Waals surface area (Å²) in [6.07, 6.45) is 7.09. The summed E-state index contributed by atoms with van der Waals surface area (Å²) in [7, 11) is -1.80. The Morgan fingerprint density at radius 3 is 2.46 bits per heavy atom. The van der Waals surface area contributed by atoms with Crippen molar-refractivity contribution in [3.63, 3.8) is 0 Å². The quantitative estimate of drug-likeness (QED) is 0.848. The molecule has 0 unspecified atom stereocenters. The molecule has 1 aliphatic rings. The van der Waals surface area contributed by atoms with Crippen LogP contribution in [0.1, 0.15) is 18.4 Å². The summed E-state index contributed by atoms with van der Waals surface area (Å²) in [5, 5.41) is 15.8. The molecule has 9 nitrogen and oxygen atoms in total. The Kier molecular flexibility index (Phi) is 4.46. The number of hydrogen-bond donors (Lipinski definition) is 1. The van der Waals surface area contributed by atoms with Gasteiger partial charge in [-0.25, -0.2) is 18.4 Å². The van der Waals surface area contributed by atoms with Crippen LogP contribution in [0.25, 0.3) is 0 Å². The van der Waals surface area contributed by atoms with Crippen LogP contribution in [-0.4, -0.2) is 51.6 Å². The maximum Gasteiger partial charge on any atom is 0.246 e. The van der Waals surface area contributed by atoms with Crippen LogP contribution >= 0.6 is 0 Å². The van der Waals surface area contributed by atoms with Gasteiger partial charge in [-0.3, -0.25) is 4.68 Å². The first-order chi connectivity index (χ1) is 11.5. The van der Waals surface area contributed by atoms with Gasteiger partial charge in [0.1, 0.15) is 11.0 Å². The van der Waals surface area contributed by atoms with Gasteiger partial charge in [0.05, 0.1) is 24.2 Å². The van der Waals surface area contributed by atoms with Gasteiger partial charge in [-0.15, -0.1) is 0 Å². The zero-order valence-corrected chi connectivity index (χ0v) is 13.9. The molecule has 0 saturated carbocycles. The van der Waals surface area contributed by atoms with E-state index in [1.54, 1.807) is 7.05 Å². The molecule has 0 aliphatic carbocycles. The zero-order chi connectivity index (χ0) is 17.2. The minimum absolute atomic E-state index is 0.0956. The molecule has 2 aromatic heterocycles. The van der Waals surface area contributed by atoms with E-state index >= 15 is 0 Å². The van der Waals surface area contributed by atoms with Crippen LogP contribution in [0.15, 0.2) is 29.7 Å². The van der Waals surface area contributed by atoms with Gasteiger partial charge in [-0.05, 0) is 12.8 Å². The van der Waals surface area contributed by atoms with E-state index in [2.05, 4.69) is 20.4 Å². The van der Waals surface area contributed by atoms with Crippen molar-refractivity contribution >= 4 is 16.0 Å². The topological polar surface area (TPSA) is 117 Å². The molecule has 1 fully saturated rings. The third-order valence-electron chi connectivity index (χ3n) is 3.89. The largest absolute Gasteiger partial charge is 0.351 e. The van der Waals surface area contributed by atoms with Crippen LogP contribution < -0.4 is 5.32 Å². The highest BCUT2D eigenvalue weighted by Crippen LogP contribution is 2.21. The highest BCUT2D eigenvalue weighted by atomic mass is 32.2.